The Morgan fingerprint density at radius 1 is 1.33 bits per heavy atom. The number of ether oxygens (including phenoxy) is 1. The summed E-state index contributed by atoms with van der Waals surface area (Å²) < 4.78 is 6.66. The Kier molecular flexibility index (Phi) is 2.35. The molecule has 0 spiro atoms. The van der Waals surface area contributed by atoms with Crippen LogP contribution in [0.15, 0.2) is 28.7 Å². The van der Waals surface area contributed by atoms with Crippen LogP contribution in [0.5, 0.6) is 5.75 Å². The summed E-state index contributed by atoms with van der Waals surface area (Å²) >= 11 is 3.44. The molecule has 1 aromatic carbocycles. The first-order chi connectivity index (χ1) is 5.86. The third-order valence-electron chi connectivity index (χ3n) is 2.01. The molecule has 0 aromatic heterocycles. The van der Waals surface area contributed by atoms with Gasteiger partial charge in [0, 0.05) is 0 Å². The molecule has 64 valence electrons. The van der Waals surface area contributed by atoms with Crippen LogP contribution in [0.3, 0.4) is 0 Å². The molecule has 0 unspecified atom stereocenters. The van der Waals surface area contributed by atoms with Gasteiger partial charge in [0.05, 0.1) is 11.1 Å². The lowest BCUT2D eigenvalue weighted by molar-refractivity contribution is 0.298. The van der Waals surface area contributed by atoms with Gasteiger partial charge in [-0.3, -0.25) is 0 Å². The molecule has 1 aliphatic carbocycles. The van der Waals surface area contributed by atoms with E-state index in [0.717, 1.165) is 22.7 Å². The van der Waals surface area contributed by atoms with E-state index in [-0.39, 0.29) is 0 Å². The third kappa shape index (κ3) is 2.01. The van der Waals surface area contributed by atoms with E-state index >= 15 is 0 Å². The molecule has 1 saturated carbocycles. The lowest BCUT2D eigenvalue weighted by atomic mass is 10.3. The highest BCUT2D eigenvalue weighted by atomic mass is 79.9. The monoisotopic (exact) mass is 226 g/mol. The molecule has 0 heterocycles. The van der Waals surface area contributed by atoms with E-state index in [9.17, 15) is 0 Å². The van der Waals surface area contributed by atoms with Crippen molar-refractivity contribution in [2.24, 2.45) is 5.92 Å². The fraction of sp³-hybridized carbons (Fsp3) is 0.400. The largest absolute Gasteiger partial charge is 0.492 e. The minimum atomic E-state index is 0.817. The first-order valence-electron chi connectivity index (χ1n) is 4.23. The minimum absolute atomic E-state index is 0.817. The summed E-state index contributed by atoms with van der Waals surface area (Å²) in [5.74, 6) is 1.78. The second kappa shape index (κ2) is 3.48. The van der Waals surface area contributed by atoms with E-state index in [1.807, 2.05) is 24.3 Å². The van der Waals surface area contributed by atoms with Crippen LogP contribution in [0.2, 0.25) is 0 Å². The second-order valence-corrected chi connectivity index (χ2v) is 4.04. The van der Waals surface area contributed by atoms with E-state index in [1.165, 1.54) is 12.8 Å². The van der Waals surface area contributed by atoms with Gasteiger partial charge in [0.2, 0.25) is 0 Å². The van der Waals surface area contributed by atoms with Crippen molar-refractivity contribution < 1.29 is 4.74 Å². The van der Waals surface area contributed by atoms with Crippen molar-refractivity contribution in [3.8, 4) is 5.75 Å². The van der Waals surface area contributed by atoms with Crippen LogP contribution in [-0.2, 0) is 0 Å². The van der Waals surface area contributed by atoms with E-state index in [2.05, 4.69) is 15.9 Å². The molecule has 1 nitrogen and oxygen atoms in total. The lowest BCUT2D eigenvalue weighted by Gasteiger charge is -2.05. The highest BCUT2D eigenvalue weighted by Gasteiger charge is 2.22. The molecular formula is C10H11BrO. The molecule has 1 aliphatic rings. The summed E-state index contributed by atoms with van der Waals surface area (Å²) in [7, 11) is 0. The van der Waals surface area contributed by atoms with Gasteiger partial charge in [-0.2, -0.15) is 0 Å². The molecule has 1 aromatic rings. The highest BCUT2D eigenvalue weighted by molar-refractivity contribution is 9.10. The second-order valence-electron chi connectivity index (χ2n) is 3.18. The van der Waals surface area contributed by atoms with Gasteiger partial charge in [-0.05, 0) is 46.8 Å². The summed E-state index contributed by atoms with van der Waals surface area (Å²) in [6.45, 7) is 0.878. The Balaban J connectivity index is 1.96. The van der Waals surface area contributed by atoms with Crippen molar-refractivity contribution in [3.05, 3.63) is 28.7 Å². The van der Waals surface area contributed by atoms with Crippen LogP contribution >= 0.6 is 15.9 Å². The zero-order valence-corrected chi connectivity index (χ0v) is 8.38. The Bertz CT molecular complexity index is 268. The molecule has 0 amide bonds. The molecule has 1 fully saturated rings. The van der Waals surface area contributed by atoms with Crippen molar-refractivity contribution in [3.63, 3.8) is 0 Å². The molecule has 0 N–H and O–H groups in total. The fourth-order valence-electron chi connectivity index (χ4n) is 1.05. The first-order valence-corrected chi connectivity index (χ1v) is 5.03. The Morgan fingerprint density at radius 3 is 2.75 bits per heavy atom. The summed E-state index contributed by atoms with van der Waals surface area (Å²) in [5.41, 5.74) is 0. The van der Waals surface area contributed by atoms with Gasteiger partial charge in [-0.1, -0.05) is 12.1 Å². The highest BCUT2D eigenvalue weighted by Crippen LogP contribution is 2.31. The van der Waals surface area contributed by atoms with Crippen LogP contribution in [0.4, 0.5) is 0 Å². The maximum Gasteiger partial charge on any atom is 0.133 e. The van der Waals surface area contributed by atoms with Crippen molar-refractivity contribution in [2.45, 2.75) is 12.8 Å². The number of benzene rings is 1. The molecule has 0 atom stereocenters. The van der Waals surface area contributed by atoms with E-state index in [1.54, 1.807) is 0 Å². The van der Waals surface area contributed by atoms with Gasteiger partial charge in [-0.25, -0.2) is 0 Å². The number of hydrogen-bond donors (Lipinski definition) is 0. The van der Waals surface area contributed by atoms with Crippen molar-refractivity contribution in [1.29, 1.82) is 0 Å². The number of para-hydroxylation sites is 1. The average Bonchev–Trinajstić information content (AvgIpc) is 2.86. The van der Waals surface area contributed by atoms with Crippen LogP contribution in [0, 0.1) is 5.92 Å². The molecule has 2 heteroatoms. The van der Waals surface area contributed by atoms with Gasteiger partial charge in [0.25, 0.3) is 0 Å². The molecule has 0 aliphatic heterocycles. The van der Waals surface area contributed by atoms with Gasteiger partial charge in [-0.15, -0.1) is 0 Å². The molecule has 0 saturated heterocycles. The van der Waals surface area contributed by atoms with Crippen molar-refractivity contribution in [2.75, 3.05) is 6.61 Å². The molecule has 12 heavy (non-hydrogen) atoms. The molecule has 2 rings (SSSR count). The topological polar surface area (TPSA) is 9.23 Å². The maximum absolute atomic E-state index is 5.61. The molecule has 0 radical (unpaired) electrons. The normalized spacial score (nSPS) is 16.1. The number of halogens is 1. The van der Waals surface area contributed by atoms with E-state index in [0.29, 0.717) is 0 Å². The summed E-state index contributed by atoms with van der Waals surface area (Å²) in [5, 5.41) is 0. The predicted molar refractivity (Wildman–Crippen MR) is 52.4 cm³/mol. The van der Waals surface area contributed by atoms with Gasteiger partial charge >= 0.3 is 0 Å². The fourth-order valence-corrected chi connectivity index (χ4v) is 1.45. The summed E-state index contributed by atoms with van der Waals surface area (Å²) in [6, 6.07) is 7.98. The zero-order valence-electron chi connectivity index (χ0n) is 6.79. The summed E-state index contributed by atoms with van der Waals surface area (Å²) in [6.07, 6.45) is 2.68. The summed E-state index contributed by atoms with van der Waals surface area (Å²) in [4.78, 5) is 0. The van der Waals surface area contributed by atoms with Gasteiger partial charge in [0.15, 0.2) is 0 Å². The Labute approximate surface area is 80.9 Å². The smallest absolute Gasteiger partial charge is 0.133 e. The van der Waals surface area contributed by atoms with Gasteiger partial charge < -0.3 is 4.74 Å². The number of hydrogen-bond acceptors (Lipinski definition) is 1. The minimum Gasteiger partial charge on any atom is -0.492 e. The van der Waals surface area contributed by atoms with E-state index < -0.39 is 0 Å². The third-order valence-corrected chi connectivity index (χ3v) is 2.66. The number of rotatable bonds is 3. The van der Waals surface area contributed by atoms with Crippen LogP contribution in [0.1, 0.15) is 12.8 Å². The Morgan fingerprint density at radius 2 is 2.08 bits per heavy atom. The van der Waals surface area contributed by atoms with Crippen molar-refractivity contribution in [1.82, 2.24) is 0 Å². The van der Waals surface area contributed by atoms with Crippen LogP contribution < -0.4 is 4.74 Å². The average molecular weight is 227 g/mol. The molecule has 0 bridgehead atoms. The molecular weight excluding hydrogens is 216 g/mol. The SMILES string of the molecule is Brc1ccccc1OCC1CC1. The first kappa shape index (κ1) is 8.11. The van der Waals surface area contributed by atoms with E-state index in [4.69, 9.17) is 4.74 Å². The van der Waals surface area contributed by atoms with Crippen molar-refractivity contribution >= 4 is 15.9 Å². The lowest BCUT2D eigenvalue weighted by Crippen LogP contribution is -1.98. The van der Waals surface area contributed by atoms with Gasteiger partial charge in [0.1, 0.15) is 5.75 Å². The Hall–Kier alpha value is -0.500. The standard InChI is InChI=1S/C10H11BrO/c11-9-3-1-2-4-10(9)12-7-8-5-6-8/h1-4,8H,5-7H2. The quantitative estimate of drug-likeness (QED) is 0.770. The van der Waals surface area contributed by atoms with Crippen LogP contribution in [0.25, 0.3) is 0 Å². The zero-order chi connectivity index (χ0) is 8.39. The predicted octanol–water partition coefficient (Wildman–Crippen LogP) is 3.24. The van der Waals surface area contributed by atoms with Crippen LogP contribution in [-0.4, -0.2) is 6.61 Å². The maximum atomic E-state index is 5.61.